The van der Waals surface area contributed by atoms with Crippen molar-refractivity contribution in [1.29, 1.82) is 5.26 Å². The summed E-state index contributed by atoms with van der Waals surface area (Å²) in [4.78, 5) is 35.6. The monoisotopic (exact) mass is 1780 g/mol. The van der Waals surface area contributed by atoms with Crippen LogP contribution in [-0.2, 0) is 0 Å². The quantitative estimate of drug-likeness (QED) is 0.0580. The van der Waals surface area contributed by atoms with Gasteiger partial charge >= 0.3 is 6.36 Å². The summed E-state index contributed by atoms with van der Waals surface area (Å²) in [6.07, 6.45) is -4.70. The molecule has 0 N–H and O–H groups in total. The van der Waals surface area contributed by atoms with Gasteiger partial charge in [0.15, 0.2) is 0 Å². The van der Waals surface area contributed by atoms with Crippen molar-refractivity contribution in [3.8, 4) is 23.3 Å². The Morgan fingerprint density at radius 2 is 0.519 bits per heavy atom. The molecule has 0 aliphatic carbocycles. The van der Waals surface area contributed by atoms with E-state index in [9.17, 15) is 13.2 Å². The van der Waals surface area contributed by atoms with Crippen molar-refractivity contribution in [1.82, 2.24) is 24.5 Å². The number of nitrogens with zero attached hydrogens (tertiary/aromatic N) is 11. The van der Waals surface area contributed by atoms with Gasteiger partial charge in [-0.3, -0.25) is 25.0 Å². The Morgan fingerprint density at radius 3 is 0.774 bits per heavy atom. The molecule has 5 aliphatic rings. The summed E-state index contributed by atoms with van der Waals surface area (Å²) >= 11 is 6.57. The third-order valence-electron chi connectivity index (χ3n) is 23.6. The maximum Gasteiger partial charge on any atom is 0.573 e. The van der Waals surface area contributed by atoms with E-state index < -0.39 is 6.36 Å². The lowest BCUT2D eigenvalue weighted by molar-refractivity contribution is -0.274. The van der Waals surface area contributed by atoms with Crippen LogP contribution in [0, 0.1) is 11.3 Å². The van der Waals surface area contributed by atoms with Crippen molar-refractivity contribution in [2.75, 3.05) is 79.2 Å². The zero-order chi connectivity index (χ0) is 91.3. The summed E-state index contributed by atoms with van der Waals surface area (Å²) < 4.78 is 52.1. The normalized spacial score (nSPS) is 14.1. The predicted octanol–water partition coefficient (Wildman–Crippen LogP) is 24.5. The summed E-state index contributed by atoms with van der Waals surface area (Å²) in [5.74, 6) is 6.41. The molecule has 1 unspecified atom stereocenters. The highest BCUT2D eigenvalue weighted by molar-refractivity contribution is 6.31. The zero-order valence-electron chi connectivity index (χ0n) is 74.2. The Bertz CT molecular complexity index is 6220. The number of alkyl halides is 3. The van der Waals surface area contributed by atoms with Gasteiger partial charge in [0.25, 0.3) is 0 Å². The lowest BCUT2D eigenvalue weighted by Gasteiger charge is -2.32. The number of rotatable bonds is 24. The fourth-order valence-electron chi connectivity index (χ4n) is 17.7. The van der Waals surface area contributed by atoms with Crippen molar-refractivity contribution < 1.29 is 27.4 Å². The van der Waals surface area contributed by atoms with Gasteiger partial charge in [0, 0.05) is 65.6 Å². The van der Waals surface area contributed by atoms with Crippen LogP contribution in [0.15, 0.2) is 450 Å². The van der Waals surface area contributed by atoms with E-state index in [0.29, 0.717) is 18.7 Å². The number of benzene rings is 15. The van der Waals surface area contributed by atoms with Gasteiger partial charge in [-0.05, 0) is 166 Å². The number of nitriles is 1. The highest BCUT2D eigenvalue weighted by Gasteiger charge is 2.36. The van der Waals surface area contributed by atoms with Gasteiger partial charge < -0.3 is 38.7 Å². The average Bonchev–Trinajstić information content (AvgIpc) is 1.74. The lowest BCUT2D eigenvalue weighted by Crippen LogP contribution is -2.33. The van der Waals surface area contributed by atoms with Crippen molar-refractivity contribution in [3.05, 3.63) is 519 Å². The van der Waals surface area contributed by atoms with Crippen molar-refractivity contribution in [2.45, 2.75) is 43.5 Å². The molecule has 0 bridgehead atoms. The van der Waals surface area contributed by atoms with Crippen LogP contribution in [-0.4, -0.2) is 139 Å². The minimum absolute atomic E-state index is 0.0373. The van der Waals surface area contributed by atoms with E-state index in [-0.39, 0.29) is 36.0 Å². The topological polar surface area (TPSA) is 129 Å². The summed E-state index contributed by atoms with van der Waals surface area (Å²) in [5.41, 5.74) is 18.1. The minimum atomic E-state index is -4.70. The first kappa shape index (κ1) is 91.0. The second-order valence-corrected chi connectivity index (χ2v) is 32.4. The second kappa shape index (κ2) is 45.2. The molecule has 14 nitrogen and oxygen atoms in total. The molecule has 15 aromatic carbocycles. The first-order valence-corrected chi connectivity index (χ1v) is 45.4. The Hall–Kier alpha value is -15.4. The molecular weight excluding hydrogens is 1680 g/mol. The molecule has 20 rings (SSSR count). The van der Waals surface area contributed by atoms with Crippen molar-refractivity contribution in [2.24, 2.45) is 25.0 Å². The van der Waals surface area contributed by atoms with Gasteiger partial charge in [0.05, 0.1) is 88.3 Å². The molecule has 18 heteroatoms. The number of methoxy groups -OCH3 is 1. The molecule has 5 aliphatic heterocycles. The van der Waals surface area contributed by atoms with Crippen LogP contribution in [0.25, 0.3) is 0 Å². The maximum absolute atomic E-state index is 12.4. The van der Waals surface area contributed by atoms with Crippen LogP contribution in [0.2, 0.25) is 5.02 Å². The maximum atomic E-state index is 12.4. The van der Waals surface area contributed by atoms with Gasteiger partial charge in [-0.1, -0.05) is 333 Å². The van der Waals surface area contributed by atoms with E-state index in [4.69, 9.17) is 46.3 Å². The molecule has 664 valence electrons. The van der Waals surface area contributed by atoms with Crippen molar-refractivity contribution >= 4 is 40.8 Å². The Balaban J connectivity index is 0.000000121. The van der Waals surface area contributed by atoms with Crippen molar-refractivity contribution in [3.63, 3.8) is 0 Å². The lowest BCUT2D eigenvalue weighted by atomic mass is 9.96. The molecule has 0 fully saturated rings. The summed E-state index contributed by atoms with van der Waals surface area (Å²) in [7, 11) is 1.69. The van der Waals surface area contributed by atoms with Gasteiger partial charge in [0.2, 0.25) is 0 Å². The molecule has 0 radical (unpaired) electrons. The van der Waals surface area contributed by atoms with E-state index >= 15 is 0 Å². The fraction of sp³-hybridized carbons (Fsp3) is 0.165. The Kier molecular flexibility index (Phi) is 30.9. The van der Waals surface area contributed by atoms with Crippen LogP contribution in [0.1, 0.15) is 126 Å². The Labute approximate surface area is 782 Å². The Morgan fingerprint density at radius 1 is 0.293 bits per heavy atom. The molecule has 133 heavy (non-hydrogen) atoms. The van der Waals surface area contributed by atoms with Gasteiger partial charge in [-0.25, -0.2) is 0 Å². The number of halogens is 4. The molecule has 0 amide bonds. The number of hydrogen-bond donors (Lipinski definition) is 0. The average molecular weight is 1780 g/mol. The predicted molar refractivity (Wildman–Crippen MR) is 531 cm³/mol. The third kappa shape index (κ3) is 23.1. The number of amidine groups is 5. The summed E-state index contributed by atoms with van der Waals surface area (Å²) in [6, 6.07) is 146. The van der Waals surface area contributed by atoms with Crippen LogP contribution in [0.5, 0.6) is 17.2 Å². The van der Waals surface area contributed by atoms with Crippen LogP contribution < -0.4 is 14.2 Å². The van der Waals surface area contributed by atoms with Crippen LogP contribution in [0.4, 0.5) is 13.2 Å². The van der Waals surface area contributed by atoms with E-state index in [1.54, 1.807) is 19.2 Å². The molecule has 0 aromatic heterocycles. The number of hydrogen-bond acceptors (Lipinski definition) is 14. The highest BCUT2D eigenvalue weighted by atomic mass is 35.5. The van der Waals surface area contributed by atoms with E-state index in [1.807, 2.05) is 134 Å². The molecule has 0 spiro atoms. The molecule has 0 saturated carbocycles. The molecular formula is C115H103ClF3N11O3. The summed E-state index contributed by atoms with van der Waals surface area (Å²) in [6.45, 7) is 10.8. The van der Waals surface area contributed by atoms with E-state index in [1.165, 1.54) is 51.1 Å². The molecule has 5 heterocycles. The SMILES string of the molecule is CCOc1ccc(C2=NCCN2C(c2ccccc2)c2ccccc2)cc1.COc1ccc(C2=NCCN2C(c2ccccc2)c2ccccc2)cc1.Clc1ccccc1C(c1ccccc1)N1CCN=C1c1ccccc1.FC(F)(F)Oc1ccc(C2=NCCN2C(c2ccccc2)c2ccccc2)cc1.N#Cc1ccc(C2=NCCN2C(c2ccccc2)c2ccccc2)cc1. The minimum Gasteiger partial charge on any atom is -0.497 e. The zero-order valence-corrected chi connectivity index (χ0v) is 75.0. The number of ether oxygens (including phenoxy) is 3. The van der Waals surface area contributed by atoms with Gasteiger partial charge in [0.1, 0.15) is 46.4 Å². The molecule has 0 saturated heterocycles. The van der Waals surface area contributed by atoms with E-state index in [0.717, 1.165) is 149 Å². The molecule has 15 aromatic rings. The molecule has 1 atom stereocenters. The first-order chi connectivity index (χ1) is 65.4. The number of aliphatic imine (C=N–C) groups is 5. The highest BCUT2D eigenvalue weighted by Crippen LogP contribution is 2.40. The standard InChI is InChI=1S/C24H24N2O.C23H19F3N2O.C23H19N3.C23H22N2O.C22H19ClN2/c1-2-27-22-15-13-21(14-16-22)24-25-17-18-26(24)23(19-9-5-3-6-10-19)20-11-7-4-8-12-20;24-23(25,26)29-20-13-11-19(12-14-20)22-27-15-16-28(22)21(17-7-3-1-4-8-17)18-9-5-2-6-10-18;24-17-18-11-13-21(14-12-18)23-25-15-16-26(23)22(19-7-3-1-4-8-19)20-9-5-2-6-10-20;1-26-21-14-12-20(13-15-21)23-24-16-17-25(23)22(18-8-4-2-5-9-18)19-10-6-3-7-11-19;23-20-14-8-7-13-19(20)21(17-9-3-1-4-10-17)25-16-15-24-22(25)18-11-5-2-6-12-18/h3-16,23H,2,17-18H2,1H3;1-14,21H,15-16H2;1-14,22H,15-16H2;2-15,22H,16-17H2,1H3;1-14,21H,15-16H2. The van der Waals surface area contributed by atoms with E-state index in [2.05, 4.69) is 313 Å². The smallest absolute Gasteiger partial charge is 0.497 e. The second-order valence-electron chi connectivity index (χ2n) is 32.0. The van der Waals surface area contributed by atoms with Gasteiger partial charge in [-0.15, -0.1) is 13.2 Å². The third-order valence-corrected chi connectivity index (χ3v) is 23.9. The summed E-state index contributed by atoms with van der Waals surface area (Å²) in [5, 5.41) is 9.83. The van der Waals surface area contributed by atoms with Crippen LogP contribution in [0.3, 0.4) is 0 Å². The van der Waals surface area contributed by atoms with Gasteiger partial charge in [-0.2, -0.15) is 5.26 Å². The fourth-order valence-corrected chi connectivity index (χ4v) is 17.9. The van der Waals surface area contributed by atoms with Crippen LogP contribution >= 0.6 is 11.6 Å². The largest absolute Gasteiger partial charge is 0.573 e. The first-order valence-electron chi connectivity index (χ1n) is 45.0.